The molecule has 2 aromatic rings. The van der Waals surface area contributed by atoms with E-state index in [2.05, 4.69) is 10.3 Å². The molecule has 3 rings (SSSR count). The van der Waals surface area contributed by atoms with Crippen LogP contribution in [-0.4, -0.2) is 42.0 Å². The molecule has 0 bridgehead atoms. The van der Waals surface area contributed by atoms with Gasteiger partial charge >= 0.3 is 6.03 Å². The van der Waals surface area contributed by atoms with Crippen molar-refractivity contribution in [3.63, 3.8) is 0 Å². The van der Waals surface area contributed by atoms with Gasteiger partial charge in [-0.05, 0) is 31.2 Å². The molecule has 7 heteroatoms. The van der Waals surface area contributed by atoms with Crippen molar-refractivity contribution in [2.75, 3.05) is 25.0 Å². The van der Waals surface area contributed by atoms with E-state index < -0.39 is 0 Å². The number of benzene rings is 1. The van der Waals surface area contributed by atoms with Crippen LogP contribution in [0, 0.1) is 6.92 Å². The van der Waals surface area contributed by atoms with Crippen molar-refractivity contribution in [3.8, 4) is 0 Å². The number of nitrogens with zero attached hydrogens (tertiary/aromatic N) is 3. The zero-order valence-electron chi connectivity index (χ0n) is 13.1. The molecule has 1 aromatic heterocycles. The van der Waals surface area contributed by atoms with Gasteiger partial charge in [-0.1, -0.05) is 0 Å². The second-order valence-corrected chi connectivity index (χ2v) is 6.51. The summed E-state index contributed by atoms with van der Waals surface area (Å²) in [5.41, 5.74) is 2.30. The SMILES string of the molecule is Cc1nc(CN(C)C(=O)c2ccc(N3CCNC3=O)cc2)cs1. The second kappa shape index (κ2) is 6.37. The summed E-state index contributed by atoms with van der Waals surface area (Å²) in [5.74, 6) is -0.0620. The van der Waals surface area contributed by atoms with Crippen molar-refractivity contribution in [2.24, 2.45) is 0 Å². The Morgan fingerprint density at radius 3 is 2.70 bits per heavy atom. The number of hydrogen-bond donors (Lipinski definition) is 1. The van der Waals surface area contributed by atoms with E-state index in [4.69, 9.17) is 0 Å². The van der Waals surface area contributed by atoms with Gasteiger partial charge in [0.25, 0.3) is 5.91 Å². The summed E-state index contributed by atoms with van der Waals surface area (Å²) in [4.78, 5) is 31.8. The number of nitrogens with one attached hydrogen (secondary N) is 1. The highest BCUT2D eigenvalue weighted by molar-refractivity contribution is 7.09. The van der Waals surface area contributed by atoms with Gasteiger partial charge in [-0.15, -0.1) is 11.3 Å². The van der Waals surface area contributed by atoms with E-state index in [9.17, 15) is 9.59 Å². The number of urea groups is 1. The minimum atomic E-state index is -0.0971. The molecule has 0 radical (unpaired) electrons. The fraction of sp³-hybridized carbons (Fsp3) is 0.312. The molecule has 6 nitrogen and oxygen atoms in total. The summed E-state index contributed by atoms with van der Waals surface area (Å²) in [6.45, 7) is 3.73. The number of amides is 3. The Hall–Kier alpha value is -2.41. The Labute approximate surface area is 138 Å². The van der Waals surface area contributed by atoms with Crippen LogP contribution >= 0.6 is 11.3 Å². The van der Waals surface area contributed by atoms with Gasteiger partial charge in [0.1, 0.15) is 0 Å². The predicted octanol–water partition coefficient (Wildman–Crippen LogP) is 2.25. The summed E-state index contributed by atoms with van der Waals surface area (Å²) in [7, 11) is 1.76. The first-order chi connectivity index (χ1) is 11.0. The smallest absolute Gasteiger partial charge is 0.321 e. The van der Waals surface area contributed by atoms with Crippen LogP contribution in [0.25, 0.3) is 0 Å². The molecular weight excluding hydrogens is 312 g/mol. The van der Waals surface area contributed by atoms with Crippen LogP contribution in [0.3, 0.4) is 0 Å². The molecule has 0 spiro atoms. The summed E-state index contributed by atoms with van der Waals surface area (Å²) in [5, 5.41) is 5.72. The monoisotopic (exact) mass is 330 g/mol. The van der Waals surface area contributed by atoms with Crippen molar-refractivity contribution in [2.45, 2.75) is 13.5 Å². The van der Waals surface area contributed by atoms with E-state index in [1.807, 2.05) is 12.3 Å². The number of carbonyl (C=O) groups is 2. The Morgan fingerprint density at radius 1 is 1.39 bits per heavy atom. The van der Waals surface area contributed by atoms with Crippen molar-refractivity contribution in [1.82, 2.24) is 15.2 Å². The minimum Gasteiger partial charge on any atom is -0.336 e. The first kappa shape index (κ1) is 15.5. The highest BCUT2D eigenvalue weighted by atomic mass is 32.1. The Morgan fingerprint density at radius 2 is 2.13 bits per heavy atom. The topological polar surface area (TPSA) is 65.5 Å². The maximum atomic E-state index is 12.5. The van der Waals surface area contributed by atoms with Crippen molar-refractivity contribution < 1.29 is 9.59 Å². The minimum absolute atomic E-state index is 0.0620. The zero-order valence-corrected chi connectivity index (χ0v) is 13.9. The largest absolute Gasteiger partial charge is 0.336 e. The van der Waals surface area contributed by atoms with Crippen molar-refractivity contribution in [3.05, 3.63) is 45.9 Å². The van der Waals surface area contributed by atoms with Crippen LogP contribution in [0.1, 0.15) is 21.1 Å². The molecule has 1 saturated heterocycles. The van der Waals surface area contributed by atoms with Gasteiger partial charge in [-0.2, -0.15) is 0 Å². The van der Waals surface area contributed by atoms with Crippen LogP contribution in [0.5, 0.6) is 0 Å². The van der Waals surface area contributed by atoms with E-state index in [1.54, 1.807) is 52.4 Å². The maximum absolute atomic E-state index is 12.5. The average Bonchev–Trinajstić information content (AvgIpc) is 3.15. The van der Waals surface area contributed by atoms with Crippen molar-refractivity contribution >= 4 is 29.0 Å². The molecule has 1 aliphatic rings. The van der Waals surface area contributed by atoms with E-state index in [-0.39, 0.29) is 11.9 Å². The molecule has 120 valence electrons. The first-order valence-electron chi connectivity index (χ1n) is 7.36. The summed E-state index contributed by atoms with van der Waals surface area (Å²) in [6, 6.07) is 7.02. The number of aryl methyl sites for hydroxylation is 1. The molecule has 2 heterocycles. The number of thiazole rings is 1. The van der Waals surface area contributed by atoms with Gasteiger partial charge in [0.2, 0.25) is 0 Å². The van der Waals surface area contributed by atoms with Gasteiger partial charge in [-0.25, -0.2) is 9.78 Å². The number of carbonyl (C=O) groups excluding carboxylic acids is 2. The molecule has 0 aliphatic carbocycles. The molecule has 3 amide bonds. The molecule has 0 atom stereocenters. The summed E-state index contributed by atoms with van der Waals surface area (Å²) < 4.78 is 0. The molecule has 1 aliphatic heterocycles. The number of hydrogen-bond acceptors (Lipinski definition) is 4. The van der Waals surface area contributed by atoms with Gasteiger partial charge in [-0.3, -0.25) is 9.69 Å². The maximum Gasteiger partial charge on any atom is 0.321 e. The standard InChI is InChI=1S/C16H18N4O2S/c1-11-18-13(10-23-11)9-19(2)15(21)12-3-5-14(6-4-12)20-8-7-17-16(20)22/h3-6,10H,7-9H2,1-2H3,(H,17,22). The van der Waals surface area contributed by atoms with Crippen LogP contribution in [0.4, 0.5) is 10.5 Å². The van der Waals surface area contributed by atoms with E-state index >= 15 is 0 Å². The van der Waals surface area contributed by atoms with Gasteiger partial charge in [0.05, 0.1) is 17.2 Å². The quantitative estimate of drug-likeness (QED) is 0.935. The molecule has 0 unspecified atom stereocenters. The normalized spacial score (nSPS) is 14.0. The molecule has 0 saturated carbocycles. The third kappa shape index (κ3) is 3.34. The lowest BCUT2D eigenvalue weighted by molar-refractivity contribution is 0.0783. The van der Waals surface area contributed by atoms with Gasteiger partial charge in [0.15, 0.2) is 0 Å². The van der Waals surface area contributed by atoms with E-state index in [1.165, 1.54) is 0 Å². The predicted molar refractivity (Wildman–Crippen MR) is 89.8 cm³/mol. The van der Waals surface area contributed by atoms with Crippen LogP contribution in [-0.2, 0) is 6.54 Å². The van der Waals surface area contributed by atoms with Gasteiger partial charge < -0.3 is 10.2 Å². The lowest BCUT2D eigenvalue weighted by Gasteiger charge is -2.17. The molecule has 23 heavy (non-hydrogen) atoms. The van der Waals surface area contributed by atoms with E-state index in [0.29, 0.717) is 25.2 Å². The number of aromatic nitrogens is 1. The lowest BCUT2D eigenvalue weighted by Crippen LogP contribution is -2.28. The summed E-state index contributed by atoms with van der Waals surface area (Å²) in [6.07, 6.45) is 0. The van der Waals surface area contributed by atoms with Crippen LogP contribution in [0.15, 0.2) is 29.6 Å². The van der Waals surface area contributed by atoms with Crippen LogP contribution < -0.4 is 10.2 Å². The third-order valence-electron chi connectivity index (χ3n) is 3.70. The molecule has 1 fully saturated rings. The average molecular weight is 330 g/mol. The molecule has 1 aromatic carbocycles. The molecular formula is C16H18N4O2S. The highest BCUT2D eigenvalue weighted by Crippen LogP contribution is 2.18. The highest BCUT2D eigenvalue weighted by Gasteiger charge is 2.21. The fourth-order valence-corrected chi connectivity index (χ4v) is 3.12. The van der Waals surface area contributed by atoms with Gasteiger partial charge in [0, 0.05) is 36.8 Å². The van der Waals surface area contributed by atoms with Crippen molar-refractivity contribution in [1.29, 1.82) is 0 Å². The second-order valence-electron chi connectivity index (χ2n) is 5.45. The third-order valence-corrected chi connectivity index (χ3v) is 4.52. The fourth-order valence-electron chi connectivity index (χ4n) is 2.52. The first-order valence-corrected chi connectivity index (χ1v) is 8.24. The Bertz CT molecular complexity index is 726. The zero-order chi connectivity index (χ0) is 16.4. The summed E-state index contributed by atoms with van der Waals surface area (Å²) >= 11 is 1.58. The Balaban J connectivity index is 1.68. The van der Waals surface area contributed by atoms with E-state index in [0.717, 1.165) is 16.4 Å². The Kier molecular flexibility index (Phi) is 4.29. The molecule has 1 N–H and O–H groups in total. The number of anilines is 1. The van der Waals surface area contributed by atoms with Crippen LogP contribution in [0.2, 0.25) is 0 Å². The number of rotatable bonds is 4. The lowest BCUT2D eigenvalue weighted by atomic mass is 10.1.